The van der Waals surface area contributed by atoms with Crippen LogP contribution in [0.5, 0.6) is 0 Å². The average molecular weight is 419 g/mol. The highest BCUT2D eigenvalue weighted by Gasteiger charge is 2.21. The Morgan fingerprint density at radius 3 is 2.60 bits per heavy atom. The van der Waals surface area contributed by atoms with Gasteiger partial charge in [0.05, 0.1) is 12.2 Å². The highest BCUT2D eigenvalue weighted by atomic mass is 16.4. The molecule has 2 N–H and O–H groups in total. The van der Waals surface area contributed by atoms with Crippen LogP contribution in [-0.2, 0) is 6.54 Å². The van der Waals surface area contributed by atoms with Crippen LogP contribution in [0.1, 0.15) is 62.8 Å². The maximum atomic E-state index is 5.74. The molecule has 1 unspecified atom stereocenters. The summed E-state index contributed by atoms with van der Waals surface area (Å²) < 4.78 is 5.74. The summed E-state index contributed by atoms with van der Waals surface area (Å²) in [6, 6.07) is 0.749. The van der Waals surface area contributed by atoms with E-state index in [-0.39, 0.29) is 0 Å². The van der Waals surface area contributed by atoms with Crippen LogP contribution in [0.3, 0.4) is 0 Å². The monoisotopic (exact) mass is 418 g/mol. The second kappa shape index (κ2) is 11.7. The van der Waals surface area contributed by atoms with Gasteiger partial charge in [-0.25, -0.2) is 4.98 Å². The minimum Gasteiger partial charge on any atom is -0.444 e. The molecular formula is C23H42N6O. The maximum absolute atomic E-state index is 5.74. The predicted molar refractivity (Wildman–Crippen MR) is 123 cm³/mol. The third kappa shape index (κ3) is 6.98. The SMILES string of the molecule is CN=C(NCCCN1CCCCC1C)NCC1CCN(Cc2nc(C)c(C)o2)CC1. The van der Waals surface area contributed by atoms with Gasteiger partial charge in [0.2, 0.25) is 5.89 Å². The Bertz CT molecular complexity index is 645. The van der Waals surface area contributed by atoms with Gasteiger partial charge >= 0.3 is 0 Å². The van der Waals surface area contributed by atoms with Gasteiger partial charge in [0.15, 0.2) is 5.96 Å². The van der Waals surface area contributed by atoms with E-state index in [1.807, 2.05) is 20.9 Å². The van der Waals surface area contributed by atoms with Crippen LogP contribution >= 0.6 is 0 Å². The van der Waals surface area contributed by atoms with Crippen LogP contribution in [0, 0.1) is 19.8 Å². The molecule has 30 heavy (non-hydrogen) atoms. The molecule has 0 radical (unpaired) electrons. The molecule has 0 bridgehead atoms. The molecule has 2 aliphatic rings. The fourth-order valence-corrected chi connectivity index (χ4v) is 4.59. The quantitative estimate of drug-likeness (QED) is 0.384. The number of hydrogen-bond acceptors (Lipinski definition) is 5. The fourth-order valence-electron chi connectivity index (χ4n) is 4.59. The van der Waals surface area contributed by atoms with Crippen molar-refractivity contribution in [1.29, 1.82) is 0 Å². The third-order valence-corrected chi connectivity index (χ3v) is 6.78. The summed E-state index contributed by atoms with van der Waals surface area (Å²) in [5.74, 6) is 3.43. The van der Waals surface area contributed by atoms with Crippen molar-refractivity contribution in [2.75, 3.05) is 46.3 Å². The second-order valence-electron chi connectivity index (χ2n) is 9.08. The number of nitrogens with zero attached hydrogens (tertiary/aromatic N) is 4. The Kier molecular flexibility index (Phi) is 9.00. The Labute approximate surface area is 182 Å². The smallest absolute Gasteiger partial charge is 0.208 e. The van der Waals surface area contributed by atoms with Crippen LogP contribution in [0.2, 0.25) is 0 Å². The number of piperidine rings is 2. The minimum atomic E-state index is 0.696. The number of hydrogen-bond donors (Lipinski definition) is 2. The van der Waals surface area contributed by atoms with Gasteiger partial charge in [0.25, 0.3) is 0 Å². The summed E-state index contributed by atoms with van der Waals surface area (Å²) in [5, 5.41) is 7.03. The largest absolute Gasteiger partial charge is 0.444 e. The van der Waals surface area contributed by atoms with Gasteiger partial charge in [0.1, 0.15) is 5.76 Å². The lowest BCUT2D eigenvalue weighted by atomic mass is 9.97. The molecule has 7 nitrogen and oxygen atoms in total. The summed E-state index contributed by atoms with van der Waals surface area (Å²) in [5.41, 5.74) is 1.01. The van der Waals surface area contributed by atoms with E-state index in [1.165, 1.54) is 51.6 Å². The number of nitrogens with one attached hydrogen (secondary N) is 2. The molecule has 3 heterocycles. The zero-order chi connectivity index (χ0) is 21.3. The Balaban J connectivity index is 1.28. The second-order valence-corrected chi connectivity index (χ2v) is 9.08. The number of likely N-dealkylation sites (tertiary alicyclic amines) is 2. The van der Waals surface area contributed by atoms with E-state index in [1.54, 1.807) is 0 Å². The molecule has 0 spiro atoms. The van der Waals surface area contributed by atoms with Crippen LogP contribution in [0.15, 0.2) is 9.41 Å². The van der Waals surface area contributed by atoms with Crippen molar-refractivity contribution in [1.82, 2.24) is 25.4 Å². The van der Waals surface area contributed by atoms with Crippen molar-refractivity contribution < 1.29 is 4.42 Å². The van der Waals surface area contributed by atoms with E-state index in [0.29, 0.717) is 5.92 Å². The van der Waals surface area contributed by atoms with Gasteiger partial charge in [-0.05, 0) is 78.4 Å². The molecule has 170 valence electrons. The van der Waals surface area contributed by atoms with Gasteiger partial charge in [0, 0.05) is 32.7 Å². The first-order valence-electron chi connectivity index (χ1n) is 11.9. The summed E-state index contributed by atoms with van der Waals surface area (Å²) in [7, 11) is 1.87. The summed E-state index contributed by atoms with van der Waals surface area (Å²) in [6.45, 7) is 13.8. The van der Waals surface area contributed by atoms with Crippen molar-refractivity contribution >= 4 is 5.96 Å². The molecule has 1 atom stereocenters. The minimum absolute atomic E-state index is 0.696. The molecule has 1 aromatic rings. The predicted octanol–water partition coefficient (Wildman–Crippen LogP) is 2.93. The van der Waals surface area contributed by atoms with Gasteiger partial charge < -0.3 is 20.0 Å². The number of aliphatic imine (C=N–C) groups is 1. The van der Waals surface area contributed by atoms with Crippen molar-refractivity contribution in [3.63, 3.8) is 0 Å². The van der Waals surface area contributed by atoms with E-state index >= 15 is 0 Å². The normalized spacial score (nSPS) is 22.4. The molecule has 1 aromatic heterocycles. The molecule has 0 amide bonds. The standard InChI is InChI=1S/C23H42N6O/c1-18-8-5-6-12-29(18)13-7-11-25-23(24-4)26-16-21-9-14-28(15-10-21)17-22-27-19(2)20(3)30-22/h18,21H,5-17H2,1-4H3,(H2,24,25,26). The average Bonchev–Trinajstić information content (AvgIpc) is 3.06. The summed E-state index contributed by atoms with van der Waals surface area (Å²) in [4.78, 5) is 14.0. The van der Waals surface area contributed by atoms with Crippen molar-refractivity contribution in [2.24, 2.45) is 10.9 Å². The molecule has 2 saturated heterocycles. The number of oxazole rings is 1. The van der Waals surface area contributed by atoms with Crippen LogP contribution in [-0.4, -0.2) is 73.1 Å². The van der Waals surface area contributed by atoms with Crippen molar-refractivity contribution in [2.45, 2.75) is 71.9 Å². The molecule has 0 aromatic carbocycles. The van der Waals surface area contributed by atoms with Gasteiger partial charge in [-0.2, -0.15) is 0 Å². The van der Waals surface area contributed by atoms with Crippen molar-refractivity contribution in [3.8, 4) is 0 Å². The molecule has 3 rings (SSSR count). The lowest BCUT2D eigenvalue weighted by Gasteiger charge is -2.33. The molecule has 2 fully saturated rings. The zero-order valence-electron chi connectivity index (χ0n) is 19.5. The van der Waals surface area contributed by atoms with Crippen LogP contribution in [0.4, 0.5) is 0 Å². The molecule has 7 heteroatoms. The summed E-state index contributed by atoms with van der Waals surface area (Å²) in [6.07, 6.45) is 7.68. The van der Waals surface area contributed by atoms with E-state index in [2.05, 4.69) is 37.3 Å². The Morgan fingerprint density at radius 1 is 1.13 bits per heavy atom. The van der Waals surface area contributed by atoms with E-state index in [9.17, 15) is 0 Å². The van der Waals surface area contributed by atoms with Gasteiger partial charge in [-0.3, -0.25) is 9.89 Å². The number of aryl methyl sites for hydroxylation is 2. The topological polar surface area (TPSA) is 68.9 Å². The number of aromatic nitrogens is 1. The zero-order valence-corrected chi connectivity index (χ0v) is 19.5. The van der Waals surface area contributed by atoms with E-state index in [4.69, 9.17) is 4.42 Å². The lowest BCUT2D eigenvalue weighted by Crippen LogP contribution is -2.44. The Hall–Kier alpha value is -1.60. The number of guanidine groups is 1. The van der Waals surface area contributed by atoms with E-state index in [0.717, 1.165) is 62.1 Å². The van der Waals surface area contributed by atoms with Crippen LogP contribution < -0.4 is 10.6 Å². The van der Waals surface area contributed by atoms with E-state index < -0.39 is 0 Å². The third-order valence-electron chi connectivity index (χ3n) is 6.78. The number of rotatable bonds is 8. The van der Waals surface area contributed by atoms with Gasteiger partial charge in [-0.15, -0.1) is 0 Å². The molecule has 0 saturated carbocycles. The highest BCUT2D eigenvalue weighted by molar-refractivity contribution is 5.79. The fraction of sp³-hybridized carbons (Fsp3) is 0.826. The molecular weight excluding hydrogens is 376 g/mol. The molecule has 2 aliphatic heterocycles. The molecule has 0 aliphatic carbocycles. The Morgan fingerprint density at radius 2 is 1.93 bits per heavy atom. The van der Waals surface area contributed by atoms with Crippen LogP contribution in [0.25, 0.3) is 0 Å². The maximum Gasteiger partial charge on any atom is 0.208 e. The first kappa shape index (κ1) is 23.1. The first-order chi connectivity index (χ1) is 14.5. The van der Waals surface area contributed by atoms with Crippen molar-refractivity contribution in [3.05, 3.63) is 17.3 Å². The van der Waals surface area contributed by atoms with Gasteiger partial charge in [-0.1, -0.05) is 6.42 Å². The lowest BCUT2D eigenvalue weighted by molar-refractivity contribution is 0.159. The summed E-state index contributed by atoms with van der Waals surface area (Å²) >= 11 is 0. The highest BCUT2D eigenvalue weighted by Crippen LogP contribution is 2.19. The first-order valence-corrected chi connectivity index (χ1v) is 11.9.